The first kappa shape index (κ1) is 13.4. The van der Waals surface area contributed by atoms with E-state index in [2.05, 4.69) is 19.7 Å². The maximum atomic E-state index is 11.5. The molecule has 0 saturated carbocycles. The van der Waals surface area contributed by atoms with Crippen LogP contribution in [0.15, 0.2) is 48.9 Å². The molecule has 0 bridgehead atoms. The Bertz CT molecular complexity index is 771. The van der Waals surface area contributed by atoms with Crippen LogP contribution in [0.4, 0.5) is 0 Å². The molecule has 0 spiro atoms. The summed E-state index contributed by atoms with van der Waals surface area (Å²) in [7, 11) is 1.34. The van der Waals surface area contributed by atoms with Crippen molar-refractivity contribution in [3.05, 3.63) is 54.6 Å². The summed E-state index contributed by atoms with van der Waals surface area (Å²) in [6, 6.07) is 9.06. The summed E-state index contributed by atoms with van der Waals surface area (Å²) in [5.41, 5.74) is 1.94. The Morgan fingerprint density at radius 2 is 2.10 bits per heavy atom. The summed E-state index contributed by atoms with van der Waals surface area (Å²) < 4.78 is 4.68. The van der Waals surface area contributed by atoms with Gasteiger partial charge in [-0.1, -0.05) is 6.07 Å². The minimum atomic E-state index is -0.450. The highest BCUT2D eigenvalue weighted by Gasteiger charge is 2.11. The molecular weight excluding hydrogens is 286 g/mol. The van der Waals surface area contributed by atoms with Gasteiger partial charge in [0, 0.05) is 24.2 Å². The third-order valence-electron chi connectivity index (χ3n) is 2.81. The molecule has 0 aliphatic carbocycles. The molecule has 6 heteroatoms. The maximum absolute atomic E-state index is 11.5. The van der Waals surface area contributed by atoms with Crippen LogP contribution in [0.3, 0.4) is 0 Å². The average Bonchev–Trinajstić information content (AvgIpc) is 3.05. The van der Waals surface area contributed by atoms with Crippen molar-refractivity contribution in [1.82, 2.24) is 15.0 Å². The molecule has 0 amide bonds. The normalized spacial score (nSPS) is 10.3. The second kappa shape index (κ2) is 5.80. The third kappa shape index (κ3) is 2.80. The summed E-state index contributed by atoms with van der Waals surface area (Å²) in [6.45, 7) is 0. The largest absolute Gasteiger partial charge is 0.464 e. The molecule has 104 valence electrons. The minimum Gasteiger partial charge on any atom is -0.464 e. The van der Waals surface area contributed by atoms with Gasteiger partial charge in [0.1, 0.15) is 10.7 Å². The smallest absolute Gasteiger partial charge is 0.356 e. The summed E-state index contributed by atoms with van der Waals surface area (Å²) in [6.07, 6.45) is 5.23. The fourth-order valence-electron chi connectivity index (χ4n) is 1.81. The van der Waals surface area contributed by atoms with Crippen molar-refractivity contribution in [3.8, 4) is 21.1 Å². The molecular formula is C15H11N3O2S. The highest BCUT2D eigenvalue weighted by Crippen LogP contribution is 2.30. The fraction of sp³-hybridized carbons (Fsp3) is 0.0667. The Balaban J connectivity index is 1.95. The van der Waals surface area contributed by atoms with E-state index in [9.17, 15) is 4.79 Å². The van der Waals surface area contributed by atoms with Crippen molar-refractivity contribution < 1.29 is 9.53 Å². The van der Waals surface area contributed by atoms with E-state index in [0.717, 1.165) is 15.4 Å². The molecule has 0 radical (unpaired) electrons. The summed E-state index contributed by atoms with van der Waals surface area (Å²) in [5.74, 6) is -0.450. The number of esters is 1. The molecule has 3 aromatic heterocycles. The minimum absolute atomic E-state index is 0.284. The van der Waals surface area contributed by atoms with Crippen LogP contribution in [0.2, 0.25) is 0 Å². The number of carbonyl (C=O) groups excluding carboxylic acids is 1. The first-order chi connectivity index (χ1) is 10.3. The van der Waals surface area contributed by atoms with Gasteiger partial charge >= 0.3 is 5.97 Å². The van der Waals surface area contributed by atoms with Gasteiger partial charge in [0.25, 0.3) is 0 Å². The van der Waals surface area contributed by atoms with Gasteiger partial charge in [-0.15, -0.1) is 11.3 Å². The van der Waals surface area contributed by atoms with E-state index in [1.165, 1.54) is 18.4 Å². The lowest BCUT2D eigenvalue weighted by molar-refractivity contribution is 0.0594. The van der Waals surface area contributed by atoms with E-state index in [-0.39, 0.29) is 5.69 Å². The van der Waals surface area contributed by atoms with Crippen molar-refractivity contribution in [2.24, 2.45) is 0 Å². The summed E-state index contributed by atoms with van der Waals surface area (Å²) in [4.78, 5) is 25.2. The third-order valence-corrected chi connectivity index (χ3v) is 3.88. The number of nitrogens with zero attached hydrogens (tertiary/aromatic N) is 3. The number of methoxy groups -OCH3 is 1. The average molecular weight is 297 g/mol. The summed E-state index contributed by atoms with van der Waals surface area (Å²) >= 11 is 1.50. The molecule has 21 heavy (non-hydrogen) atoms. The van der Waals surface area contributed by atoms with Crippen LogP contribution in [0.1, 0.15) is 10.5 Å². The molecule has 3 aromatic rings. The van der Waals surface area contributed by atoms with Gasteiger partial charge in [0.05, 0.1) is 17.7 Å². The van der Waals surface area contributed by atoms with Crippen LogP contribution in [0, 0.1) is 0 Å². The molecule has 0 atom stereocenters. The molecule has 0 aliphatic heterocycles. The Morgan fingerprint density at radius 1 is 1.19 bits per heavy atom. The van der Waals surface area contributed by atoms with Crippen molar-refractivity contribution in [2.75, 3.05) is 7.11 Å². The number of pyridine rings is 2. The van der Waals surface area contributed by atoms with E-state index in [1.807, 2.05) is 18.2 Å². The number of rotatable bonds is 3. The first-order valence-corrected chi connectivity index (χ1v) is 7.01. The Labute approximate surface area is 125 Å². The number of thiazole rings is 1. The highest BCUT2D eigenvalue weighted by atomic mass is 32.1. The zero-order valence-electron chi connectivity index (χ0n) is 11.2. The van der Waals surface area contributed by atoms with Gasteiger partial charge in [-0.05, 0) is 24.3 Å². The Morgan fingerprint density at radius 3 is 2.86 bits per heavy atom. The van der Waals surface area contributed by atoms with E-state index < -0.39 is 5.97 Å². The summed E-state index contributed by atoms with van der Waals surface area (Å²) in [5, 5.41) is 0.864. The van der Waals surface area contributed by atoms with Gasteiger partial charge in [0.15, 0.2) is 0 Å². The SMILES string of the molecule is COC(=O)c1cccc(-c2cnc(-c3cccnc3)s2)n1. The highest BCUT2D eigenvalue weighted by molar-refractivity contribution is 7.18. The van der Waals surface area contributed by atoms with E-state index in [4.69, 9.17) is 0 Å². The number of carbonyl (C=O) groups is 1. The number of hydrogen-bond donors (Lipinski definition) is 0. The molecule has 0 N–H and O–H groups in total. The quantitative estimate of drug-likeness (QED) is 0.695. The van der Waals surface area contributed by atoms with Gasteiger partial charge < -0.3 is 4.74 Å². The van der Waals surface area contributed by atoms with Crippen LogP contribution >= 0.6 is 11.3 Å². The molecule has 0 fully saturated rings. The van der Waals surface area contributed by atoms with Gasteiger partial charge in [-0.2, -0.15) is 0 Å². The lowest BCUT2D eigenvalue weighted by atomic mass is 10.3. The van der Waals surface area contributed by atoms with Crippen LogP contribution in [0.25, 0.3) is 21.1 Å². The van der Waals surface area contributed by atoms with Gasteiger partial charge in [-0.3, -0.25) is 4.98 Å². The Kier molecular flexibility index (Phi) is 3.70. The topological polar surface area (TPSA) is 65.0 Å². The second-order valence-corrected chi connectivity index (χ2v) is 5.20. The number of hydrogen-bond acceptors (Lipinski definition) is 6. The lowest BCUT2D eigenvalue weighted by Gasteiger charge is -2.00. The molecule has 5 nitrogen and oxygen atoms in total. The molecule has 0 aliphatic rings. The number of aromatic nitrogens is 3. The predicted molar refractivity (Wildman–Crippen MR) is 79.9 cm³/mol. The maximum Gasteiger partial charge on any atom is 0.356 e. The molecule has 0 aromatic carbocycles. The number of ether oxygens (including phenoxy) is 1. The van der Waals surface area contributed by atoms with Crippen molar-refractivity contribution >= 4 is 17.3 Å². The van der Waals surface area contributed by atoms with Gasteiger partial charge in [-0.25, -0.2) is 14.8 Å². The second-order valence-electron chi connectivity index (χ2n) is 4.17. The molecule has 3 heterocycles. The van der Waals surface area contributed by atoms with Crippen LogP contribution < -0.4 is 0 Å². The van der Waals surface area contributed by atoms with E-state index >= 15 is 0 Å². The van der Waals surface area contributed by atoms with Crippen molar-refractivity contribution in [3.63, 3.8) is 0 Å². The van der Waals surface area contributed by atoms with E-state index in [1.54, 1.807) is 30.7 Å². The fourth-order valence-corrected chi connectivity index (χ4v) is 2.68. The standard InChI is InChI=1S/C15H11N3O2S/c1-20-15(19)12-6-2-5-11(18-12)13-9-17-14(21-13)10-4-3-7-16-8-10/h2-9H,1H3. The molecule has 0 unspecified atom stereocenters. The van der Waals surface area contributed by atoms with Crippen LogP contribution in [-0.4, -0.2) is 28.0 Å². The molecule has 0 saturated heterocycles. The monoisotopic (exact) mass is 297 g/mol. The lowest BCUT2D eigenvalue weighted by Crippen LogP contribution is -2.04. The van der Waals surface area contributed by atoms with E-state index in [0.29, 0.717) is 5.69 Å². The van der Waals surface area contributed by atoms with Crippen molar-refractivity contribution in [1.29, 1.82) is 0 Å². The molecule has 3 rings (SSSR count). The Hall–Kier alpha value is -2.60. The van der Waals surface area contributed by atoms with Crippen LogP contribution in [0.5, 0.6) is 0 Å². The zero-order valence-corrected chi connectivity index (χ0v) is 12.0. The predicted octanol–water partition coefficient (Wildman–Crippen LogP) is 3.05. The van der Waals surface area contributed by atoms with Crippen LogP contribution in [-0.2, 0) is 4.74 Å². The van der Waals surface area contributed by atoms with Gasteiger partial charge in [0.2, 0.25) is 0 Å². The first-order valence-electron chi connectivity index (χ1n) is 6.20. The van der Waals surface area contributed by atoms with Crippen molar-refractivity contribution in [2.45, 2.75) is 0 Å². The zero-order chi connectivity index (χ0) is 14.7.